The highest BCUT2D eigenvalue weighted by molar-refractivity contribution is 7.80. The van der Waals surface area contributed by atoms with Gasteiger partial charge in [0.1, 0.15) is 0 Å². The minimum Gasteiger partial charge on any atom is -0.359 e. The topological polar surface area (TPSA) is 24.1 Å². The Balaban J connectivity index is 1.84. The molecule has 1 aliphatic carbocycles. The number of thiocarbonyl (C=S) groups is 1. The lowest BCUT2D eigenvalue weighted by Gasteiger charge is -2.30. The third-order valence-corrected chi connectivity index (χ3v) is 3.68. The summed E-state index contributed by atoms with van der Waals surface area (Å²) < 4.78 is 0. The molecule has 2 nitrogen and oxygen atoms in total. The van der Waals surface area contributed by atoms with Gasteiger partial charge in [0.05, 0.1) is 0 Å². The van der Waals surface area contributed by atoms with E-state index in [0.717, 1.165) is 16.7 Å². The van der Waals surface area contributed by atoms with E-state index < -0.39 is 0 Å². The predicted octanol–water partition coefficient (Wildman–Crippen LogP) is 3.55. The molecule has 0 saturated heterocycles. The second kappa shape index (κ2) is 6.01. The van der Waals surface area contributed by atoms with Crippen LogP contribution in [0.15, 0.2) is 30.3 Å². The van der Waals surface area contributed by atoms with Crippen molar-refractivity contribution >= 4 is 23.0 Å². The third-order valence-electron chi connectivity index (χ3n) is 3.46. The monoisotopic (exact) mass is 248 g/mol. The first kappa shape index (κ1) is 12.4. The van der Waals surface area contributed by atoms with Crippen molar-refractivity contribution in [1.29, 1.82) is 0 Å². The summed E-state index contributed by atoms with van der Waals surface area (Å²) in [5, 5.41) is 7.41. The van der Waals surface area contributed by atoms with E-state index in [4.69, 9.17) is 12.2 Å². The van der Waals surface area contributed by atoms with Crippen molar-refractivity contribution in [2.24, 2.45) is 5.92 Å². The zero-order valence-electron chi connectivity index (χ0n) is 10.3. The molecule has 0 bridgehead atoms. The Morgan fingerprint density at radius 3 is 2.59 bits per heavy atom. The van der Waals surface area contributed by atoms with Crippen molar-refractivity contribution < 1.29 is 0 Å². The van der Waals surface area contributed by atoms with Gasteiger partial charge >= 0.3 is 0 Å². The Morgan fingerprint density at radius 2 is 1.88 bits per heavy atom. The molecule has 2 N–H and O–H groups in total. The number of nitrogens with one attached hydrogen (secondary N) is 2. The van der Waals surface area contributed by atoms with Crippen LogP contribution in [0.1, 0.15) is 32.6 Å². The Morgan fingerprint density at radius 1 is 1.18 bits per heavy atom. The predicted molar refractivity (Wildman–Crippen MR) is 77.2 cm³/mol. The average Bonchev–Trinajstić information content (AvgIpc) is 2.33. The molecule has 92 valence electrons. The molecular weight excluding hydrogens is 228 g/mol. The van der Waals surface area contributed by atoms with Crippen molar-refractivity contribution in [2.45, 2.75) is 38.6 Å². The molecule has 1 aliphatic rings. The first-order valence-electron chi connectivity index (χ1n) is 6.38. The maximum absolute atomic E-state index is 5.35. The summed E-state index contributed by atoms with van der Waals surface area (Å²) in [5.41, 5.74) is 1.05. The summed E-state index contributed by atoms with van der Waals surface area (Å²) in [6.45, 7) is 2.31. The number of hydrogen-bond donors (Lipinski definition) is 2. The Kier molecular flexibility index (Phi) is 4.37. The normalized spacial score (nSPS) is 24.1. The van der Waals surface area contributed by atoms with Gasteiger partial charge in [0.15, 0.2) is 5.11 Å². The number of benzene rings is 1. The zero-order chi connectivity index (χ0) is 12.1. The van der Waals surface area contributed by atoms with Crippen LogP contribution in [0.4, 0.5) is 5.69 Å². The number of para-hydroxylation sites is 1. The first-order chi connectivity index (χ1) is 8.25. The van der Waals surface area contributed by atoms with Crippen LogP contribution in [-0.4, -0.2) is 11.2 Å². The second-order valence-corrected chi connectivity index (χ2v) is 5.24. The minimum atomic E-state index is 0.535. The summed E-state index contributed by atoms with van der Waals surface area (Å²) in [4.78, 5) is 0. The fourth-order valence-electron chi connectivity index (χ4n) is 2.39. The maximum Gasteiger partial charge on any atom is 0.171 e. The van der Waals surface area contributed by atoms with Crippen LogP contribution in [0.5, 0.6) is 0 Å². The molecular formula is C14H20N2S. The van der Waals surface area contributed by atoms with Gasteiger partial charge in [-0.25, -0.2) is 0 Å². The molecule has 1 saturated carbocycles. The summed E-state index contributed by atoms with van der Waals surface area (Å²) >= 11 is 5.35. The van der Waals surface area contributed by atoms with Gasteiger partial charge in [-0.15, -0.1) is 0 Å². The van der Waals surface area contributed by atoms with Crippen LogP contribution < -0.4 is 10.6 Å². The summed E-state index contributed by atoms with van der Waals surface area (Å²) in [6.07, 6.45) is 5.22. The van der Waals surface area contributed by atoms with Crippen LogP contribution in [0.3, 0.4) is 0 Å². The largest absolute Gasteiger partial charge is 0.359 e. The lowest BCUT2D eigenvalue weighted by Crippen LogP contribution is -2.43. The Labute approximate surface area is 109 Å². The van der Waals surface area contributed by atoms with Gasteiger partial charge in [-0.3, -0.25) is 0 Å². The van der Waals surface area contributed by atoms with Gasteiger partial charge in [-0.05, 0) is 43.1 Å². The summed E-state index contributed by atoms with van der Waals surface area (Å²) in [5.74, 6) is 0.722. The molecule has 1 aromatic carbocycles. The molecule has 3 heteroatoms. The smallest absolute Gasteiger partial charge is 0.171 e. The SMILES string of the molecule is CC1CCCCC1NC(=S)Nc1ccccc1. The summed E-state index contributed by atoms with van der Waals surface area (Å²) in [7, 11) is 0. The van der Waals surface area contributed by atoms with Crippen molar-refractivity contribution in [3.05, 3.63) is 30.3 Å². The van der Waals surface area contributed by atoms with Crippen LogP contribution in [0.2, 0.25) is 0 Å². The Bertz CT molecular complexity index is 364. The Hall–Kier alpha value is -1.09. The molecule has 0 radical (unpaired) electrons. The van der Waals surface area contributed by atoms with E-state index in [9.17, 15) is 0 Å². The molecule has 2 unspecified atom stereocenters. The zero-order valence-corrected chi connectivity index (χ0v) is 11.1. The van der Waals surface area contributed by atoms with Gasteiger partial charge in [-0.1, -0.05) is 38.0 Å². The second-order valence-electron chi connectivity index (χ2n) is 4.83. The van der Waals surface area contributed by atoms with Crippen molar-refractivity contribution in [1.82, 2.24) is 5.32 Å². The van der Waals surface area contributed by atoms with Gasteiger partial charge < -0.3 is 10.6 Å². The van der Waals surface area contributed by atoms with E-state index in [1.54, 1.807) is 0 Å². The molecule has 0 heterocycles. The quantitative estimate of drug-likeness (QED) is 0.783. The molecule has 1 aromatic rings. The lowest BCUT2D eigenvalue weighted by atomic mass is 9.86. The van der Waals surface area contributed by atoms with E-state index in [-0.39, 0.29) is 0 Å². The van der Waals surface area contributed by atoms with E-state index >= 15 is 0 Å². The van der Waals surface area contributed by atoms with E-state index in [1.165, 1.54) is 25.7 Å². The number of hydrogen-bond acceptors (Lipinski definition) is 1. The van der Waals surface area contributed by atoms with Crippen molar-refractivity contribution in [3.63, 3.8) is 0 Å². The van der Waals surface area contributed by atoms with Crippen molar-refractivity contribution in [2.75, 3.05) is 5.32 Å². The molecule has 0 spiro atoms. The summed E-state index contributed by atoms with van der Waals surface area (Å²) in [6, 6.07) is 10.6. The number of rotatable bonds is 2. The van der Waals surface area contributed by atoms with Crippen LogP contribution >= 0.6 is 12.2 Å². The van der Waals surface area contributed by atoms with Crippen molar-refractivity contribution in [3.8, 4) is 0 Å². The van der Waals surface area contributed by atoms with Crippen LogP contribution in [-0.2, 0) is 0 Å². The first-order valence-corrected chi connectivity index (χ1v) is 6.79. The maximum atomic E-state index is 5.35. The van der Waals surface area contributed by atoms with Gasteiger partial charge in [-0.2, -0.15) is 0 Å². The molecule has 2 rings (SSSR count). The molecule has 2 atom stereocenters. The molecule has 0 aromatic heterocycles. The van der Waals surface area contributed by atoms with E-state index in [2.05, 4.69) is 17.6 Å². The number of anilines is 1. The highest BCUT2D eigenvalue weighted by Gasteiger charge is 2.21. The third kappa shape index (κ3) is 3.70. The molecule has 1 fully saturated rings. The van der Waals surface area contributed by atoms with Gasteiger partial charge in [0, 0.05) is 11.7 Å². The highest BCUT2D eigenvalue weighted by Crippen LogP contribution is 2.23. The average molecular weight is 248 g/mol. The molecule has 0 amide bonds. The van der Waals surface area contributed by atoms with Crippen LogP contribution in [0, 0.1) is 5.92 Å². The minimum absolute atomic E-state index is 0.535. The highest BCUT2D eigenvalue weighted by atomic mass is 32.1. The fourth-order valence-corrected chi connectivity index (χ4v) is 2.66. The van der Waals surface area contributed by atoms with Gasteiger partial charge in [0.25, 0.3) is 0 Å². The fraction of sp³-hybridized carbons (Fsp3) is 0.500. The standard InChI is InChI=1S/C14H20N2S/c1-11-7-5-6-10-13(11)16-14(17)15-12-8-3-2-4-9-12/h2-4,8-9,11,13H,5-7,10H2,1H3,(H2,15,16,17). The lowest BCUT2D eigenvalue weighted by molar-refractivity contribution is 0.309. The van der Waals surface area contributed by atoms with E-state index in [0.29, 0.717) is 6.04 Å². The molecule has 0 aliphatic heterocycles. The van der Waals surface area contributed by atoms with Gasteiger partial charge in [0.2, 0.25) is 0 Å². The molecule has 17 heavy (non-hydrogen) atoms. The van der Waals surface area contributed by atoms with E-state index in [1.807, 2.05) is 30.3 Å². The van der Waals surface area contributed by atoms with Crippen LogP contribution in [0.25, 0.3) is 0 Å².